The first-order valence-corrected chi connectivity index (χ1v) is 3.08. The third-order valence-electron chi connectivity index (χ3n) is 0.874. The van der Waals surface area contributed by atoms with Gasteiger partial charge in [-0.05, 0) is 0 Å². The van der Waals surface area contributed by atoms with Crippen LogP contribution in [0.15, 0.2) is 6.20 Å². The smallest absolute Gasteiger partial charge is 0.170 e. The van der Waals surface area contributed by atoms with Crippen LogP contribution in [0.25, 0.3) is 0 Å². The monoisotopic (exact) mass is 173 g/mol. The zero-order valence-electron chi connectivity index (χ0n) is 4.67. The molecule has 0 bridgehead atoms. The van der Waals surface area contributed by atoms with Crippen molar-refractivity contribution in [3.8, 4) is 6.07 Å². The molecule has 0 aliphatic carbocycles. The van der Waals surface area contributed by atoms with E-state index in [1.807, 2.05) is 0 Å². The molecule has 0 atom stereocenters. The number of halogens is 2. The maximum absolute atomic E-state index is 8.41. The normalized spacial score (nSPS) is 8.90. The van der Waals surface area contributed by atoms with Crippen molar-refractivity contribution in [2.45, 2.75) is 0 Å². The van der Waals surface area contributed by atoms with Crippen LogP contribution >= 0.6 is 23.2 Å². The van der Waals surface area contributed by atoms with Crippen LogP contribution in [0.3, 0.4) is 0 Å². The van der Waals surface area contributed by atoms with E-state index in [1.54, 1.807) is 6.07 Å². The van der Waals surface area contributed by atoms with E-state index in [0.717, 1.165) is 0 Å². The summed E-state index contributed by atoms with van der Waals surface area (Å²) in [7, 11) is 0. The van der Waals surface area contributed by atoms with Crippen molar-refractivity contribution in [3.05, 3.63) is 21.9 Å². The molecular formula is C5HCl2N3. The Labute approximate surface area is 67.2 Å². The van der Waals surface area contributed by atoms with E-state index in [-0.39, 0.29) is 15.7 Å². The van der Waals surface area contributed by atoms with Gasteiger partial charge in [-0.15, -0.1) is 5.10 Å². The highest BCUT2D eigenvalue weighted by Crippen LogP contribution is 2.18. The van der Waals surface area contributed by atoms with Crippen LogP contribution in [0.4, 0.5) is 0 Å². The molecule has 0 saturated heterocycles. The maximum Gasteiger partial charge on any atom is 0.170 e. The first-order valence-electron chi connectivity index (χ1n) is 2.32. The number of hydrogen-bond acceptors (Lipinski definition) is 3. The Morgan fingerprint density at radius 2 is 2.20 bits per heavy atom. The topological polar surface area (TPSA) is 49.6 Å². The van der Waals surface area contributed by atoms with Gasteiger partial charge in [-0.1, -0.05) is 23.2 Å². The summed E-state index contributed by atoms with van der Waals surface area (Å²) < 4.78 is 0. The SMILES string of the molecule is N#Cc1c(Cl)cnnc1Cl. The summed E-state index contributed by atoms with van der Waals surface area (Å²) in [6.07, 6.45) is 1.27. The Hall–Kier alpha value is -0.850. The lowest BCUT2D eigenvalue weighted by atomic mass is 10.3. The molecule has 1 aromatic heterocycles. The van der Waals surface area contributed by atoms with Crippen LogP contribution in [0.5, 0.6) is 0 Å². The minimum absolute atomic E-state index is 0.0370. The fourth-order valence-corrected chi connectivity index (χ4v) is 0.854. The van der Waals surface area contributed by atoms with Crippen molar-refractivity contribution in [3.63, 3.8) is 0 Å². The quantitative estimate of drug-likeness (QED) is 0.600. The molecule has 1 rings (SSSR count). The van der Waals surface area contributed by atoms with E-state index in [0.29, 0.717) is 0 Å². The van der Waals surface area contributed by atoms with E-state index < -0.39 is 0 Å². The molecule has 10 heavy (non-hydrogen) atoms. The summed E-state index contributed by atoms with van der Waals surface area (Å²) in [6, 6.07) is 1.80. The maximum atomic E-state index is 8.41. The fraction of sp³-hybridized carbons (Fsp3) is 0. The van der Waals surface area contributed by atoms with Crippen LogP contribution in [-0.2, 0) is 0 Å². The Kier molecular flexibility index (Phi) is 2.05. The second-order valence-corrected chi connectivity index (χ2v) is 2.24. The average molecular weight is 174 g/mol. The molecule has 50 valence electrons. The molecule has 0 N–H and O–H groups in total. The lowest BCUT2D eigenvalue weighted by molar-refractivity contribution is 1.02. The van der Waals surface area contributed by atoms with Gasteiger partial charge in [-0.25, -0.2) is 0 Å². The summed E-state index contributed by atoms with van der Waals surface area (Å²) in [5.41, 5.74) is 0.165. The largest absolute Gasteiger partial charge is 0.192 e. The number of hydrogen-bond donors (Lipinski definition) is 0. The summed E-state index contributed by atoms with van der Waals surface area (Å²) in [5.74, 6) is 0. The molecule has 0 spiro atoms. The van der Waals surface area contributed by atoms with Crippen molar-refractivity contribution in [2.24, 2.45) is 0 Å². The molecule has 1 heterocycles. The van der Waals surface area contributed by atoms with Gasteiger partial charge in [0.15, 0.2) is 5.15 Å². The lowest BCUT2D eigenvalue weighted by Gasteiger charge is -1.91. The third-order valence-corrected chi connectivity index (χ3v) is 1.42. The van der Waals surface area contributed by atoms with Gasteiger partial charge in [0.2, 0.25) is 0 Å². The van der Waals surface area contributed by atoms with Gasteiger partial charge in [-0.2, -0.15) is 10.4 Å². The van der Waals surface area contributed by atoms with Gasteiger partial charge in [0, 0.05) is 0 Å². The standard InChI is InChI=1S/C5HCl2N3/c6-4-2-9-10-5(7)3(4)1-8/h2H. The minimum atomic E-state index is 0.0370. The Morgan fingerprint density at radius 1 is 1.50 bits per heavy atom. The second kappa shape index (κ2) is 2.82. The molecule has 0 aromatic carbocycles. The zero-order chi connectivity index (χ0) is 7.56. The highest BCUT2D eigenvalue weighted by Gasteiger charge is 2.04. The van der Waals surface area contributed by atoms with E-state index in [9.17, 15) is 0 Å². The molecule has 0 radical (unpaired) electrons. The van der Waals surface area contributed by atoms with E-state index in [1.165, 1.54) is 6.20 Å². The number of rotatable bonds is 0. The number of nitriles is 1. The van der Waals surface area contributed by atoms with Crippen LogP contribution < -0.4 is 0 Å². The van der Waals surface area contributed by atoms with Gasteiger partial charge in [0.1, 0.15) is 11.6 Å². The summed E-state index contributed by atoms with van der Waals surface area (Å²) in [4.78, 5) is 0. The van der Waals surface area contributed by atoms with E-state index >= 15 is 0 Å². The van der Waals surface area contributed by atoms with Crippen molar-refractivity contribution in [2.75, 3.05) is 0 Å². The molecule has 0 aliphatic rings. The number of aromatic nitrogens is 2. The molecular weight excluding hydrogens is 173 g/mol. The van der Waals surface area contributed by atoms with Crippen LogP contribution in [0.2, 0.25) is 10.2 Å². The Balaban J connectivity index is 3.34. The first kappa shape index (κ1) is 7.26. The zero-order valence-corrected chi connectivity index (χ0v) is 6.19. The van der Waals surface area contributed by atoms with Crippen molar-refractivity contribution >= 4 is 23.2 Å². The molecule has 0 aliphatic heterocycles. The highest BCUT2D eigenvalue weighted by molar-refractivity contribution is 6.35. The van der Waals surface area contributed by atoms with Crippen LogP contribution in [-0.4, -0.2) is 10.2 Å². The van der Waals surface area contributed by atoms with Crippen LogP contribution in [0.1, 0.15) is 5.56 Å². The van der Waals surface area contributed by atoms with Gasteiger partial charge in [-0.3, -0.25) is 0 Å². The third kappa shape index (κ3) is 1.18. The predicted octanol–water partition coefficient (Wildman–Crippen LogP) is 1.66. The van der Waals surface area contributed by atoms with Gasteiger partial charge in [0.05, 0.1) is 11.2 Å². The second-order valence-electron chi connectivity index (χ2n) is 1.47. The van der Waals surface area contributed by atoms with E-state index in [2.05, 4.69) is 10.2 Å². The molecule has 0 fully saturated rings. The summed E-state index contributed by atoms with van der Waals surface area (Å²) in [6.45, 7) is 0. The molecule has 0 saturated carbocycles. The molecule has 1 aromatic rings. The van der Waals surface area contributed by atoms with Crippen molar-refractivity contribution < 1.29 is 0 Å². The molecule has 0 unspecified atom stereocenters. The fourth-order valence-electron chi connectivity index (χ4n) is 0.443. The summed E-state index contributed by atoms with van der Waals surface area (Å²) in [5, 5.41) is 15.5. The minimum Gasteiger partial charge on any atom is -0.192 e. The van der Waals surface area contributed by atoms with Crippen molar-refractivity contribution in [1.29, 1.82) is 5.26 Å². The Bertz CT molecular complexity index is 271. The Morgan fingerprint density at radius 3 is 2.60 bits per heavy atom. The molecule has 5 heteroatoms. The lowest BCUT2D eigenvalue weighted by Crippen LogP contribution is -1.86. The van der Waals surface area contributed by atoms with Gasteiger partial charge >= 0.3 is 0 Å². The van der Waals surface area contributed by atoms with E-state index in [4.69, 9.17) is 28.5 Å². The van der Waals surface area contributed by atoms with Gasteiger partial charge < -0.3 is 0 Å². The van der Waals surface area contributed by atoms with Crippen molar-refractivity contribution in [1.82, 2.24) is 10.2 Å². The highest BCUT2D eigenvalue weighted by atomic mass is 35.5. The summed E-state index contributed by atoms with van der Waals surface area (Å²) >= 11 is 11.0. The molecule has 0 amide bonds. The first-order chi connectivity index (χ1) is 4.75. The van der Waals surface area contributed by atoms with Gasteiger partial charge in [0.25, 0.3) is 0 Å². The molecule has 3 nitrogen and oxygen atoms in total. The predicted molar refractivity (Wildman–Crippen MR) is 36.8 cm³/mol. The average Bonchev–Trinajstić information content (AvgIpc) is 1.88. The number of nitrogens with zero attached hydrogens (tertiary/aromatic N) is 3. The van der Waals surface area contributed by atoms with Crippen LogP contribution in [0, 0.1) is 11.3 Å².